The maximum absolute atomic E-state index is 2.29. The second-order valence-electron chi connectivity index (χ2n) is 3.46. The molecule has 0 N–H and O–H groups in total. The highest BCUT2D eigenvalue weighted by molar-refractivity contribution is 4.84. The lowest BCUT2D eigenvalue weighted by atomic mass is 10.1. The van der Waals surface area contributed by atoms with E-state index in [0.29, 0.717) is 0 Å². The Bertz CT molecular complexity index is 105. The lowest BCUT2D eigenvalue weighted by Crippen LogP contribution is -2.16. The van der Waals surface area contributed by atoms with Gasteiger partial charge in [-0.2, -0.15) is 0 Å². The first-order valence-electron chi connectivity index (χ1n) is 4.50. The van der Waals surface area contributed by atoms with Gasteiger partial charge in [0.05, 0.1) is 0 Å². The molecule has 0 fully saturated rings. The van der Waals surface area contributed by atoms with Gasteiger partial charge in [0.25, 0.3) is 0 Å². The first-order valence-corrected chi connectivity index (χ1v) is 4.50. The van der Waals surface area contributed by atoms with E-state index in [-0.39, 0.29) is 0 Å². The number of allylic oxidation sites excluding steroid dienone is 1. The van der Waals surface area contributed by atoms with E-state index in [9.17, 15) is 0 Å². The third-order valence-corrected chi connectivity index (χ3v) is 1.73. The predicted molar refractivity (Wildman–Crippen MR) is 51.8 cm³/mol. The molecule has 0 spiro atoms. The van der Waals surface area contributed by atoms with Gasteiger partial charge in [0, 0.05) is 6.54 Å². The molecule has 1 nitrogen and oxygen atoms in total. The molecule has 0 aromatic rings. The lowest BCUT2D eigenvalue weighted by Gasteiger charge is -2.09. The van der Waals surface area contributed by atoms with Gasteiger partial charge in [-0.1, -0.05) is 32.9 Å². The molecule has 0 unspecified atom stereocenters. The molecule has 0 heterocycles. The number of nitrogens with zero attached hydrogens (tertiary/aromatic N) is 1. The fourth-order valence-corrected chi connectivity index (χ4v) is 0.752. The normalized spacial score (nSPS) is 12.2. The fourth-order valence-electron chi connectivity index (χ4n) is 0.752. The second-order valence-corrected chi connectivity index (χ2v) is 3.46. The number of hydrogen-bond donors (Lipinski definition) is 0. The molecule has 0 saturated carbocycles. The average molecular weight is 155 g/mol. The highest BCUT2D eigenvalue weighted by atomic mass is 15.1. The summed E-state index contributed by atoms with van der Waals surface area (Å²) in [5.74, 6) is 0.790. The molecule has 0 atom stereocenters. The molecule has 0 saturated heterocycles. The van der Waals surface area contributed by atoms with Gasteiger partial charge in [-0.15, -0.1) is 0 Å². The number of hydrogen-bond acceptors (Lipinski definition) is 1. The van der Waals surface area contributed by atoms with Crippen molar-refractivity contribution in [2.75, 3.05) is 20.1 Å². The average Bonchev–Trinajstić information content (AvgIpc) is 1.97. The van der Waals surface area contributed by atoms with Crippen molar-refractivity contribution in [3.8, 4) is 0 Å². The van der Waals surface area contributed by atoms with Crippen molar-refractivity contribution in [2.45, 2.75) is 27.2 Å². The molecule has 0 bridgehead atoms. The van der Waals surface area contributed by atoms with Crippen LogP contribution in [0.2, 0.25) is 0 Å². The molecule has 0 rings (SSSR count). The van der Waals surface area contributed by atoms with Crippen molar-refractivity contribution >= 4 is 0 Å². The first-order chi connectivity index (χ1) is 5.16. The molecule has 0 aromatic heterocycles. The molecule has 1 heteroatoms. The molecule has 0 radical (unpaired) electrons. The van der Waals surface area contributed by atoms with E-state index in [1.807, 2.05) is 0 Å². The molecule has 0 aliphatic heterocycles. The fraction of sp³-hybridized carbons (Fsp3) is 0.800. The Morgan fingerprint density at radius 2 is 1.91 bits per heavy atom. The molecule has 11 heavy (non-hydrogen) atoms. The van der Waals surface area contributed by atoms with Crippen LogP contribution in [0.1, 0.15) is 27.2 Å². The van der Waals surface area contributed by atoms with Crippen LogP contribution in [0.15, 0.2) is 12.2 Å². The van der Waals surface area contributed by atoms with Crippen molar-refractivity contribution in [1.82, 2.24) is 4.90 Å². The maximum atomic E-state index is 2.29. The Hall–Kier alpha value is -0.300. The van der Waals surface area contributed by atoms with Crippen LogP contribution >= 0.6 is 0 Å². The molecule has 0 aliphatic rings. The van der Waals surface area contributed by atoms with Crippen molar-refractivity contribution < 1.29 is 0 Å². The van der Waals surface area contributed by atoms with Crippen LogP contribution < -0.4 is 0 Å². The monoisotopic (exact) mass is 155 g/mol. The highest BCUT2D eigenvalue weighted by Gasteiger charge is 1.89. The summed E-state index contributed by atoms with van der Waals surface area (Å²) in [6.45, 7) is 8.88. The summed E-state index contributed by atoms with van der Waals surface area (Å²) >= 11 is 0. The quantitative estimate of drug-likeness (QED) is 0.551. The minimum Gasteiger partial charge on any atom is -0.303 e. The summed E-state index contributed by atoms with van der Waals surface area (Å²) in [5.41, 5.74) is 0. The summed E-state index contributed by atoms with van der Waals surface area (Å²) in [4.78, 5) is 2.29. The molecule has 0 aliphatic carbocycles. The minimum absolute atomic E-state index is 0.790. The van der Waals surface area contributed by atoms with Gasteiger partial charge in [-0.3, -0.25) is 0 Å². The van der Waals surface area contributed by atoms with Gasteiger partial charge < -0.3 is 4.90 Å². The van der Waals surface area contributed by atoms with E-state index in [0.717, 1.165) is 19.0 Å². The number of likely N-dealkylation sites (N-methyl/N-ethyl adjacent to an activating group) is 1. The van der Waals surface area contributed by atoms with Gasteiger partial charge in [-0.25, -0.2) is 0 Å². The second kappa shape index (κ2) is 6.41. The van der Waals surface area contributed by atoms with Gasteiger partial charge in [-0.05, 0) is 25.9 Å². The van der Waals surface area contributed by atoms with E-state index in [1.165, 1.54) is 6.42 Å². The van der Waals surface area contributed by atoms with Crippen molar-refractivity contribution in [3.63, 3.8) is 0 Å². The SMILES string of the molecule is CCN(C)CC=CCC(C)C. The van der Waals surface area contributed by atoms with Crippen LogP contribution in [0.25, 0.3) is 0 Å². The number of rotatable bonds is 5. The summed E-state index contributed by atoms with van der Waals surface area (Å²) in [6.07, 6.45) is 5.73. The van der Waals surface area contributed by atoms with Crippen LogP contribution in [0.4, 0.5) is 0 Å². The zero-order chi connectivity index (χ0) is 8.69. The van der Waals surface area contributed by atoms with Crippen LogP contribution in [0.3, 0.4) is 0 Å². The standard InChI is InChI=1S/C10H21N/c1-5-11(4)9-7-6-8-10(2)3/h6-7,10H,5,8-9H2,1-4H3. The highest BCUT2D eigenvalue weighted by Crippen LogP contribution is 1.99. The first kappa shape index (κ1) is 10.7. The van der Waals surface area contributed by atoms with Crippen LogP contribution in [0.5, 0.6) is 0 Å². The van der Waals surface area contributed by atoms with Crippen LogP contribution in [0, 0.1) is 5.92 Å². The van der Waals surface area contributed by atoms with Gasteiger partial charge >= 0.3 is 0 Å². The third-order valence-electron chi connectivity index (χ3n) is 1.73. The molecule has 0 amide bonds. The predicted octanol–water partition coefficient (Wildman–Crippen LogP) is 2.54. The van der Waals surface area contributed by atoms with Crippen LogP contribution in [-0.4, -0.2) is 25.0 Å². The third kappa shape index (κ3) is 7.60. The Morgan fingerprint density at radius 1 is 1.27 bits per heavy atom. The van der Waals surface area contributed by atoms with E-state index in [1.54, 1.807) is 0 Å². The Labute approximate surface area is 71.1 Å². The smallest absolute Gasteiger partial charge is 0.0160 e. The Kier molecular flexibility index (Phi) is 6.24. The molecular formula is C10H21N. The van der Waals surface area contributed by atoms with Crippen molar-refractivity contribution in [3.05, 3.63) is 12.2 Å². The lowest BCUT2D eigenvalue weighted by molar-refractivity contribution is 0.392. The van der Waals surface area contributed by atoms with Crippen LogP contribution in [-0.2, 0) is 0 Å². The van der Waals surface area contributed by atoms with E-state index in [2.05, 4.69) is 44.9 Å². The molecule has 0 aromatic carbocycles. The Morgan fingerprint density at radius 3 is 2.36 bits per heavy atom. The van der Waals surface area contributed by atoms with E-state index in [4.69, 9.17) is 0 Å². The van der Waals surface area contributed by atoms with Gasteiger partial charge in [0.1, 0.15) is 0 Å². The zero-order valence-corrected chi connectivity index (χ0v) is 8.30. The topological polar surface area (TPSA) is 3.24 Å². The van der Waals surface area contributed by atoms with Crippen molar-refractivity contribution in [1.29, 1.82) is 0 Å². The Balaban J connectivity index is 3.29. The summed E-state index contributed by atoms with van der Waals surface area (Å²) < 4.78 is 0. The van der Waals surface area contributed by atoms with Gasteiger partial charge in [0.2, 0.25) is 0 Å². The summed E-state index contributed by atoms with van der Waals surface area (Å²) in [7, 11) is 2.14. The van der Waals surface area contributed by atoms with Gasteiger partial charge in [0.15, 0.2) is 0 Å². The maximum Gasteiger partial charge on any atom is 0.0160 e. The molecule has 66 valence electrons. The van der Waals surface area contributed by atoms with E-state index < -0.39 is 0 Å². The largest absolute Gasteiger partial charge is 0.303 e. The zero-order valence-electron chi connectivity index (χ0n) is 8.30. The summed E-state index contributed by atoms with van der Waals surface area (Å²) in [5, 5.41) is 0. The van der Waals surface area contributed by atoms with E-state index >= 15 is 0 Å². The minimum atomic E-state index is 0.790. The summed E-state index contributed by atoms with van der Waals surface area (Å²) in [6, 6.07) is 0. The molecular weight excluding hydrogens is 134 g/mol. The van der Waals surface area contributed by atoms with Crippen molar-refractivity contribution in [2.24, 2.45) is 5.92 Å².